The lowest BCUT2D eigenvalue weighted by molar-refractivity contribution is 1.73. The molecule has 3 rings (SSSR count). The van der Waals surface area contributed by atoms with E-state index in [0.717, 1.165) is 0 Å². The summed E-state index contributed by atoms with van der Waals surface area (Å²) >= 11 is 8.96. The molecule has 0 atom stereocenters. The van der Waals surface area contributed by atoms with E-state index in [4.69, 9.17) is 11.1 Å². The van der Waals surface area contributed by atoms with E-state index in [2.05, 4.69) is 66.0 Å². The van der Waals surface area contributed by atoms with Crippen LogP contribution >= 0.6 is 22.4 Å². The zero-order chi connectivity index (χ0) is 13.1. The van der Waals surface area contributed by atoms with E-state index in [-0.39, 0.29) is 0 Å². The van der Waals surface area contributed by atoms with Gasteiger partial charge in [0.25, 0.3) is 7.38 Å². The molecule has 1 heterocycles. The summed E-state index contributed by atoms with van der Waals surface area (Å²) in [7, 11) is -2.33. The molecule has 2 aromatic carbocycles. The van der Waals surface area contributed by atoms with Crippen molar-refractivity contribution >= 4 is 44.7 Å². The fraction of sp³-hybridized carbons (Fsp3) is 0. The molecule has 19 heavy (non-hydrogen) atoms. The van der Waals surface area contributed by atoms with Gasteiger partial charge in [0.2, 0.25) is 0 Å². The highest BCUT2D eigenvalue weighted by atomic mass is 35.6. The molecule has 0 saturated carbocycles. The average Bonchev–Trinajstić information content (AvgIpc) is 3.03. The molecule has 0 aliphatic carbocycles. The predicted octanol–water partition coefficient (Wildman–Crippen LogP) is 2.95. The maximum atomic E-state index is 7.21. The molecule has 1 aromatic heterocycles. The minimum atomic E-state index is -2.33. The molecule has 0 N–H and O–H groups in total. The second-order valence-electron chi connectivity index (χ2n) is 4.37. The van der Waals surface area contributed by atoms with Crippen molar-refractivity contribution in [3.8, 4) is 0 Å². The first-order chi connectivity index (χ1) is 9.32. The summed E-state index contributed by atoms with van der Waals surface area (Å²) in [6.07, 6.45) is 0. The monoisotopic (exact) mass is 300 g/mol. The minimum Gasteiger partial charge on any atom is -0.151 e. The quantitative estimate of drug-likeness (QED) is 0.515. The minimum absolute atomic E-state index is 1.24. The molecule has 0 radical (unpaired) electrons. The van der Waals surface area contributed by atoms with Gasteiger partial charge in [0, 0.05) is 4.50 Å². The van der Waals surface area contributed by atoms with E-state index in [0.29, 0.717) is 0 Å². The summed E-state index contributed by atoms with van der Waals surface area (Å²) in [5, 5.41) is 4.58. The third-order valence-corrected chi connectivity index (χ3v) is 10.5. The van der Waals surface area contributed by atoms with E-state index in [1.807, 2.05) is 12.1 Å². The summed E-state index contributed by atoms with van der Waals surface area (Å²) in [4.78, 5) is 0. The van der Waals surface area contributed by atoms with Gasteiger partial charge in [-0.2, -0.15) is 11.3 Å². The molecule has 0 unspecified atom stereocenters. The normalized spacial score (nSPS) is 11.4. The zero-order valence-corrected chi connectivity index (χ0v) is 12.9. The smallest absolute Gasteiger partial charge is 0.151 e. The molecule has 3 heteroatoms. The van der Waals surface area contributed by atoms with Gasteiger partial charge in [-0.3, -0.25) is 0 Å². The Hall–Kier alpha value is -1.35. The van der Waals surface area contributed by atoms with E-state index in [1.54, 1.807) is 11.3 Å². The van der Waals surface area contributed by atoms with E-state index in [1.165, 1.54) is 14.9 Å². The molecule has 0 aliphatic rings. The zero-order valence-electron chi connectivity index (χ0n) is 10.3. The van der Waals surface area contributed by atoms with E-state index < -0.39 is 7.38 Å². The molecular formula is C16H13ClSSi. The Morgan fingerprint density at radius 3 is 1.63 bits per heavy atom. The number of rotatable bonds is 3. The van der Waals surface area contributed by atoms with Crippen molar-refractivity contribution < 1.29 is 0 Å². The van der Waals surface area contributed by atoms with E-state index >= 15 is 0 Å². The molecule has 0 bridgehead atoms. The summed E-state index contributed by atoms with van der Waals surface area (Å²) in [5.41, 5.74) is 0. The van der Waals surface area contributed by atoms with Crippen LogP contribution in [0.1, 0.15) is 0 Å². The van der Waals surface area contributed by atoms with Crippen LogP contribution in [-0.2, 0) is 0 Å². The van der Waals surface area contributed by atoms with Crippen molar-refractivity contribution in [3.63, 3.8) is 0 Å². The second kappa shape index (κ2) is 5.33. The second-order valence-corrected chi connectivity index (χ2v) is 10.4. The van der Waals surface area contributed by atoms with Crippen LogP contribution < -0.4 is 14.9 Å². The van der Waals surface area contributed by atoms with Crippen molar-refractivity contribution in [2.24, 2.45) is 0 Å². The molecule has 0 amide bonds. The van der Waals surface area contributed by atoms with Gasteiger partial charge in [-0.15, -0.1) is 11.1 Å². The van der Waals surface area contributed by atoms with Gasteiger partial charge in [-0.1, -0.05) is 72.8 Å². The maximum absolute atomic E-state index is 7.21. The SMILES string of the molecule is Cl[Si](c1ccccc1)(c1ccccc1)c1cccs1. The largest absolute Gasteiger partial charge is 0.257 e. The molecule has 3 aromatic rings. The average molecular weight is 301 g/mol. The Labute approximate surface area is 123 Å². The van der Waals surface area contributed by atoms with Gasteiger partial charge < -0.3 is 0 Å². The van der Waals surface area contributed by atoms with Crippen molar-refractivity contribution in [1.82, 2.24) is 0 Å². The Bertz CT molecular complexity index is 596. The molecule has 0 spiro atoms. The van der Waals surface area contributed by atoms with Crippen LogP contribution in [0.25, 0.3) is 0 Å². The number of halogens is 1. The highest BCUT2D eigenvalue weighted by Crippen LogP contribution is 2.14. The van der Waals surface area contributed by atoms with Crippen LogP contribution in [0, 0.1) is 0 Å². The molecular weight excluding hydrogens is 288 g/mol. The maximum Gasteiger partial charge on any atom is 0.257 e. The van der Waals surface area contributed by atoms with Gasteiger partial charge >= 0.3 is 0 Å². The van der Waals surface area contributed by atoms with Crippen molar-refractivity contribution in [2.45, 2.75) is 0 Å². The van der Waals surface area contributed by atoms with Gasteiger partial charge in [0.15, 0.2) is 0 Å². The van der Waals surface area contributed by atoms with Gasteiger partial charge in [0.1, 0.15) is 0 Å². The van der Waals surface area contributed by atoms with E-state index in [9.17, 15) is 0 Å². The summed E-state index contributed by atoms with van der Waals surface area (Å²) < 4.78 is 1.28. The Balaban J connectivity index is 2.23. The Kier molecular flexibility index (Phi) is 3.56. The number of hydrogen-bond acceptors (Lipinski definition) is 1. The first-order valence-corrected chi connectivity index (χ1v) is 10.0. The van der Waals surface area contributed by atoms with Crippen LogP contribution in [0.5, 0.6) is 0 Å². The number of thiophene rings is 1. The molecule has 0 nitrogen and oxygen atoms in total. The third-order valence-electron chi connectivity index (χ3n) is 3.20. The van der Waals surface area contributed by atoms with Crippen LogP contribution in [0.15, 0.2) is 78.2 Å². The first-order valence-electron chi connectivity index (χ1n) is 6.16. The van der Waals surface area contributed by atoms with Gasteiger partial charge in [-0.25, -0.2) is 0 Å². The van der Waals surface area contributed by atoms with Gasteiger partial charge in [0.05, 0.1) is 0 Å². The van der Waals surface area contributed by atoms with Crippen LogP contribution in [-0.4, -0.2) is 7.38 Å². The van der Waals surface area contributed by atoms with Gasteiger partial charge in [-0.05, 0) is 15.8 Å². The Morgan fingerprint density at radius 2 is 1.21 bits per heavy atom. The predicted molar refractivity (Wildman–Crippen MR) is 87.7 cm³/mol. The van der Waals surface area contributed by atoms with Crippen molar-refractivity contribution in [3.05, 3.63) is 78.2 Å². The number of hydrogen-bond donors (Lipinski definition) is 0. The lowest BCUT2D eigenvalue weighted by Gasteiger charge is -2.24. The van der Waals surface area contributed by atoms with Crippen molar-refractivity contribution in [1.29, 1.82) is 0 Å². The topological polar surface area (TPSA) is 0 Å². The lowest BCUT2D eigenvalue weighted by Crippen LogP contribution is -2.61. The van der Waals surface area contributed by atoms with Crippen molar-refractivity contribution in [2.75, 3.05) is 0 Å². The Morgan fingerprint density at radius 1 is 0.684 bits per heavy atom. The molecule has 0 fully saturated rings. The first kappa shape index (κ1) is 12.7. The molecule has 0 aliphatic heterocycles. The van der Waals surface area contributed by atoms with Crippen LogP contribution in [0.2, 0.25) is 0 Å². The molecule has 94 valence electrons. The fourth-order valence-corrected chi connectivity index (χ4v) is 8.16. The highest BCUT2D eigenvalue weighted by Gasteiger charge is 2.38. The molecule has 0 saturated heterocycles. The lowest BCUT2D eigenvalue weighted by atomic mass is 10.4. The summed E-state index contributed by atoms with van der Waals surface area (Å²) in [6.45, 7) is 0. The summed E-state index contributed by atoms with van der Waals surface area (Å²) in [6, 6.07) is 25.1. The fourth-order valence-electron chi connectivity index (χ4n) is 2.26. The third kappa shape index (κ3) is 2.27. The summed E-state index contributed by atoms with van der Waals surface area (Å²) in [5.74, 6) is 0. The standard InChI is InChI=1S/C16H13ClSSi/c17-19(16-12-7-13-18-16,14-8-3-1-4-9-14)15-10-5-2-6-11-15/h1-13H. The highest BCUT2D eigenvalue weighted by molar-refractivity contribution is 7.48. The number of benzene rings is 2. The van der Waals surface area contributed by atoms with Crippen LogP contribution in [0.4, 0.5) is 0 Å². The van der Waals surface area contributed by atoms with Crippen LogP contribution in [0.3, 0.4) is 0 Å².